The maximum absolute atomic E-state index is 10.2. The van der Waals surface area contributed by atoms with Crippen LogP contribution in [0.5, 0.6) is 0 Å². The van der Waals surface area contributed by atoms with Crippen LogP contribution in [0, 0.1) is 22.7 Å². The Morgan fingerprint density at radius 2 is 2.06 bits per heavy atom. The van der Waals surface area contributed by atoms with Crippen LogP contribution in [0.4, 0.5) is 0 Å². The lowest BCUT2D eigenvalue weighted by molar-refractivity contribution is 0.0862. The summed E-state index contributed by atoms with van der Waals surface area (Å²) in [4.78, 5) is 5.05. The number of hydrogen-bond acceptors (Lipinski definition) is 4. The summed E-state index contributed by atoms with van der Waals surface area (Å²) in [7, 11) is 1.60. The van der Waals surface area contributed by atoms with E-state index in [2.05, 4.69) is 76.7 Å². The second-order valence-electron chi connectivity index (χ2n) is 11.7. The fraction of sp³-hybridized carbons (Fsp3) is 0.633. The Hall–Kier alpha value is -1.91. The molecule has 0 aromatic rings. The van der Waals surface area contributed by atoms with Crippen molar-refractivity contribution in [1.82, 2.24) is 0 Å². The van der Waals surface area contributed by atoms with Crippen molar-refractivity contribution in [1.29, 1.82) is 0 Å². The van der Waals surface area contributed by atoms with Gasteiger partial charge in [0.05, 0.1) is 17.9 Å². The molecule has 0 aliphatic heterocycles. The second kappa shape index (κ2) is 10.8. The first kappa shape index (κ1) is 26.7. The highest BCUT2D eigenvalue weighted by Crippen LogP contribution is 2.57. The number of oxime groups is 1. The molecule has 188 valence electrons. The fourth-order valence-electron chi connectivity index (χ4n) is 6.11. The smallest absolute Gasteiger partial charge is 0.106 e. The molecule has 0 radical (unpaired) electrons. The first-order valence-electron chi connectivity index (χ1n) is 12.9. The van der Waals surface area contributed by atoms with Gasteiger partial charge in [-0.25, -0.2) is 0 Å². The first-order chi connectivity index (χ1) is 16.0. The molecule has 0 unspecified atom stereocenters. The molecular weight excluding hydrogens is 422 g/mol. The van der Waals surface area contributed by atoms with Crippen LogP contribution in [0.3, 0.4) is 0 Å². The SMILES string of the molecule is C=C1C(=CC=C2CCC[C@]3(C)C([C@H](C)CC=CC(=NOC)C(C)(C)C)=CC[C@@H]23)C[C@@H](O)C[C@@H]1O. The zero-order valence-corrected chi connectivity index (χ0v) is 22.1. The summed E-state index contributed by atoms with van der Waals surface area (Å²) in [6.07, 6.45) is 16.7. The van der Waals surface area contributed by atoms with Crippen LogP contribution in [-0.2, 0) is 4.84 Å². The van der Waals surface area contributed by atoms with Crippen molar-refractivity contribution >= 4 is 5.71 Å². The van der Waals surface area contributed by atoms with Gasteiger partial charge in [-0.05, 0) is 73.0 Å². The fourth-order valence-corrected chi connectivity index (χ4v) is 6.11. The van der Waals surface area contributed by atoms with Crippen LogP contribution in [0.15, 0.2) is 64.4 Å². The van der Waals surface area contributed by atoms with E-state index in [1.807, 2.05) is 0 Å². The summed E-state index contributed by atoms with van der Waals surface area (Å²) in [5.41, 5.74) is 5.95. The van der Waals surface area contributed by atoms with E-state index in [1.54, 1.807) is 12.7 Å². The summed E-state index contributed by atoms with van der Waals surface area (Å²) < 4.78 is 0. The summed E-state index contributed by atoms with van der Waals surface area (Å²) in [5.74, 6) is 1.02. The van der Waals surface area contributed by atoms with Crippen LogP contribution < -0.4 is 0 Å². The van der Waals surface area contributed by atoms with Crippen molar-refractivity contribution in [2.24, 2.45) is 27.8 Å². The Balaban J connectivity index is 1.73. The first-order valence-corrected chi connectivity index (χ1v) is 12.9. The van der Waals surface area contributed by atoms with E-state index in [0.717, 1.165) is 36.1 Å². The van der Waals surface area contributed by atoms with Gasteiger partial charge in [0.1, 0.15) is 7.11 Å². The molecule has 0 aromatic carbocycles. The van der Waals surface area contributed by atoms with Crippen LogP contribution >= 0.6 is 0 Å². The molecule has 3 rings (SSSR count). The van der Waals surface area contributed by atoms with Gasteiger partial charge in [0.2, 0.25) is 0 Å². The van der Waals surface area contributed by atoms with Gasteiger partial charge in [0.25, 0.3) is 0 Å². The molecule has 0 amide bonds. The van der Waals surface area contributed by atoms with Crippen LogP contribution in [0.1, 0.15) is 79.6 Å². The summed E-state index contributed by atoms with van der Waals surface area (Å²) >= 11 is 0. The lowest BCUT2D eigenvalue weighted by Crippen LogP contribution is -2.32. The maximum Gasteiger partial charge on any atom is 0.106 e. The number of fused-ring (bicyclic) bond motifs is 1. The number of aliphatic hydroxyl groups is 2. The normalized spacial score (nSPS) is 34.0. The third-order valence-corrected chi connectivity index (χ3v) is 8.13. The standard InChI is InChI=1S/C30H45NO3/c1-20(10-8-12-28(31-34-7)29(3,4)5)25-15-16-26-22(11-9-17-30(25,26)6)13-14-23-18-24(32)19-27(33)21(23)2/h8,12-15,20,24,26-27,32-33H,2,9-11,16-19H2,1,3-7H3/t20-,24-,26+,27+,30-/m1/s1. The minimum absolute atomic E-state index is 0.0489. The molecule has 4 nitrogen and oxygen atoms in total. The highest BCUT2D eigenvalue weighted by Gasteiger charge is 2.45. The van der Waals surface area contributed by atoms with Gasteiger partial charge in [0.15, 0.2) is 0 Å². The molecule has 0 saturated heterocycles. The molecule has 4 heteroatoms. The average Bonchev–Trinajstić information content (AvgIpc) is 3.11. The number of allylic oxidation sites excluding steroid dienone is 7. The average molecular weight is 468 g/mol. The molecule has 3 aliphatic rings. The van der Waals surface area contributed by atoms with Crippen LogP contribution in [-0.4, -0.2) is 35.2 Å². The Labute approximate surface area is 206 Å². The quantitative estimate of drug-likeness (QED) is 0.260. The minimum atomic E-state index is -0.633. The minimum Gasteiger partial charge on any atom is -0.399 e. The van der Waals surface area contributed by atoms with E-state index in [4.69, 9.17) is 4.84 Å². The molecular formula is C30H45NO3. The predicted octanol–water partition coefficient (Wildman–Crippen LogP) is 6.68. The molecule has 0 aromatic heterocycles. The molecule has 2 saturated carbocycles. The summed E-state index contributed by atoms with van der Waals surface area (Å²) in [6, 6.07) is 0. The highest BCUT2D eigenvalue weighted by atomic mass is 16.6. The maximum atomic E-state index is 10.2. The van der Waals surface area contributed by atoms with E-state index in [1.165, 1.54) is 18.4 Å². The van der Waals surface area contributed by atoms with E-state index >= 15 is 0 Å². The predicted molar refractivity (Wildman–Crippen MR) is 142 cm³/mol. The van der Waals surface area contributed by atoms with Gasteiger partial charge in [0, 0.05) is 11.8 Å². The summed E-state index contributed by atoms with van der Waals surface area (Å²) in [5, 5.41) is 24.5. The monoisotopic (exact) mass is 467 g/mol. The van der Waals surface area contributed by atoms with E-state index in [9.17, 15) is 10.2 Å². The molecule has 0 heterocycles. The molecule has 0 spiro atoms. The van der Waals surface area contributed by atoms with Gasteiger partial charge in [-0.15, -0.1) is 0 Å². The Kier molecular flexibility index (Phi) is 8.47. The lowest BCUT2D eigenvalue weighted by Gasteiger charge is -2.42. The van der Waals surface area contributed by atoms with Gasteiger partial charge in [-0.3, -0.25) is 0 Å². The van der Waals surface area contributed by atoms with Gasteiger partial charge >= 0.3 is 0 Å². The van der Waals surface area contributed by atoms with Crippen molar-refractivity contribution in [2.75, 3.05) is 7.11 Å². The molecule has 3 aliphatic carbocycles. The Morgan fingerprint density at radius 1 is 1.32 bits per heavy atom. The number of rotatable bonds is 6. The van der Waals surface area contributed by atoms with E-state index in [0.29, 0.717) is 24.7 Å². The topological polar surface area (TPSA) is 62.0 Å². The lowest BCUT2D eigenvalue weighted by atomic mass is 9.62. The van der Waals surface area contributed by atoms with Crippen LogP contribution in [0.2, 0.25) is 0 Å². The van der Waals surface area contributed by atoms with E-state index < -0.39 is 12.2 Å². The van der Waals surface area contributed by atoms with Gasteiger partial charge < -0.3 is 15.1 Å². The zero-order chi connectivity index (χ0) is 25.1. The highest BCUT2D eigenvalue weighted by molar-refractivity contribution is 5.98. The Morgan fingerprint density at radius 3 is 2.74 bits per heavy atom. The largest absolute Gasteiger partial charge is 0.399 e. The van der Waals surface area contributed by atoms with Crippen molar-refractivity contribution in [3.63, 3.8) is 0 Å². The molecule has 0 bridgehead atoms. The van der Waals surface area contributed by atoms with Crippen molar-refractivity contribution in [2.45, 2.75) is 91.8 Å². The number of aliphatic hydroxyl groups excluding tert-OH is 2. The van der Waals surface area contributed by atoms with E-state index in [-0.39, 0.29) is 10.8 Å². The van der Waals surface area contributed by atoms with Crippen molar-refractivity contribution in [3.8, 4) is 0 Å². The third kappa shape index (κ3) is 5.83. The molecule has 34 heavy (non-hydrogen) atoms. The third-order valence-electron chi connectivity index (χ3n) is 8.13. The van der Waals surface area contributed by atoms with Crippen LogP contribution in [0.25, 0.3) is 0 Å². The number of nitrogens with zero attached hydrogens (tertiary/aromatic N) is 1. The molecule has 2 N–H and O–H groups in total. The zero-order valence-electron chi connectivity index (χ0n) is 22.1. The van der Waals surface area contributed by atoms with Crippen molar-refractivity contribution in [3.05, 3.63) is 59.3 Å². The second-order valence-corrected chi connectivity index (χ2v) is 11.7. The number of hydrogen-bond donors (Lipinski definition) is 2. The Bertz CT molecular complexity index is 914. The summed E-state index contributed by atoms with van der Waals surface area (Å²) in [6.45, 7) is 15.3. The van der Waals surface area contributed by atoms with Gasteiger partial charge in [-0.1, -0.05) is 81.8 Å². The molecule has 2 fully saturated rings. The van der Waals surface area contributed by atoms with Gasteiger partial charge in [-0.2, -0.15) is 0 Å². The van der Waals surface area contributed by atoms with Crippen molar-refractivity contribution < 1.29 is 15.1 Å². The molecule has 5 atom stereocenters.